The summed E-state index contributed by atoms with van der Waals surface area (Å²) >= 11 is 5.92. The van der Waals surface area contributed by atoms with Crippen molar-refractivity contribution in [3.8, 4) is 11.4 Å². The molecule has 0 fully saturated rings. The van der Waals surface area contributed by atoms with Crippen LogP contribution in [0, 0.1) is 6.92 Å². The van der Waals surface area contributed by atoms with Gasteiger partial charge in [-0.2, -0.15) is 0 Å². The Labute approximate surface area is 165 Å². The molecular weight excluding hydrogens is 376 g/mol. The van der Waals surface area contributed by atoms with Crippen LogP contribution in [0.4, 0.5) is 0 Å². The van der Waals surface area contributed by atoms with E-state index in [1.54, 1.807) is 31.3 Å². The van der Waals surface area contributed by atoms with E-state index < -0.39 is 11.2 Å². The second-order valence-electron chi connectivity index (χ2n) is 6.66. The number of benzene rings is 2. The Morgan fingerprint density at radius 1 is 1.00 bits per heavy atom. The van der Waals surface area contributed by atoms with Gasteiger partial charge >= 0.3 is 5.69 Å². The van der Waals surface area contributed by atoms with E-state index in [1.807, 2.05) is 31.2 Å². The summed E-state index contributed by atoms with van der Waals surface area (Å²) in [6.07, 6.45) is 1.47. The third kappa shape index (κ3) is 3.23. The quantitative estimate of drug-likeness (QED) is 0.537. The van der Waals surface area contributed by atoms with Crippen molar-refractivity contribution in [3.63, 3.8) is 0 Å². The minimum Gasteiger partial charge on any atom is -0.280 e. The van der Waals surface area contributed by atoms with Crippen LogP contribution in [-0.2, 0) is 13.6 Å². The lowest BCUT2D eigenvalue weighted by Gasteiger charge is -2.11. The van der Waals surface area contributed by atoms with Crippen LogP contribution in [0.15, 0.2) is 64.3 Å². The van der Waals surface area contributed by atoms with Gasteiger partial charge in [-0.15, -0.1) is 0 Å². The minimum absolute atomic E-state index is 0.195. The molecule has 0 aliphatic heterocycles. The first-order valence-corrected chi connectivity index (χ1v) is 9.10. The van der Waals surface area contributed by atoms with E-state index in [0.717, 1.165) is 16.7 Å². The summed E-state index contributed by atoms with van der Waals surface area (Å²) in [4.78, 5) is 34.5. The first-order chi connectivity index (χ1) is 13.4. The molecule has 0 aliphatic carbocycles. The van der Waals surface area contributed by atoms with Gasteiger partial charge in [0.15, 0.2) is 11.5 Å². The summed E-state index contributed by atoms with van der Waals surface area (Å²) in [6.45, 7) is 2.18. The van der Waals surface area contributed by atoms with Crippen molar-refractivity contribution in [2.24, 2.45) is 7.05 Å². The fourth-order valence-electron chi connectivity index (χ4n) is 3.04. The standard InChI is InChI=1S/C21H17ClN4O2/c1-13-3-5-14(6-4-13)12-26-20(27)17-11-23-18(15-7-9-16(22)10-8-15)24-19(17)25(2)21(26)28/h3-11H,12H2,1-2H3. The highest BCUT2D eigenvalue weighted by Crippen LogP contribution is 2.19. The van der Waals surface area contributed by atoms with E-state index in [1.165, 1.54) is 15.3 Å². The van der Waals surface area contributed by atoms with Crippen molar-refractivity contribution < 1.29 is 0 Å². The van der Waals surface area contributed by atoms with Gasteiger partial charge in [0.2, 0.25) is 0 Å². The Balaban J connectivity index is 1.85. The van der Waals surface area contributed by atoms with Crippen molar-refractivity contribution in [2.75, 3.05) is 0 Å². The number of rotatable bonds is 3. The predicted molar refractivity (Wildman–Crippen MR) is 110 cm³/mol. The molecule has 0 saturated carbocycles. The summed E-state index contributed by atoms with van der Waals surface area (Å²) in [5.41, 5.74) is 2.23. The van der Waals surface area contributed by atoms with Gasteiger partial charge in [-0.3, -0.25) is 13.9 Å². The van der Waals surface area contributed by atoms with Gasteiger partial charge < -0.3 is 0 Å². The maximum absolute atomic E-state index is 12.9. The van der Waals surface area contributed by atoms with Gasteiger partial charge in [-0.1, -0.05) is 41.4 Å². The molecule has 4 aromatic rings. The Morgan fingerprint density at radius 3 is 2.36 bits per heavy atom. The largest absolute Gasteiger partial charge is 0.332 e. The van der Waals surface area contributed by atoms with Crippen molar-refractivity contribution in [2.45, 2.75) is 13.5 Å². The van der Waals surface area contributed by atoms with Crippen LogP contribution in [0.2, 0.25) is 5.02 Å². The lowest BCUT2D eigenvalue weighted by atomic mass is 10.1. The first-order valence-electron chi connectivity index (χ1n) is 8.72. The molecule has 6 nitrogen and oxygen atoms in total. The molecule has 7 heteroatoms. The molecule has 28 heavy (non-hydrogen) atoms. The molecule has 2 aromatic carbocycles. The lowest BCUT2D eigenvalue weighted by Crippen LogP contribution is -2.39. The number of aromatic nitrogens is 4. The molecule has 0 radical (unpaired) electrons. The Bertz CT molecular complexity index is 1290. The number of hydrogen-bond donors (Lipinski definition) is 0. The van der Waals surface area contributed by atoms with Crippen molar-refractivity contribution in [1.29, 1.82) is 0 Å². The lowest BCUT2D eigenvalue weighted by molar-refractivity contribution is 0.656. The highest BCUT2D eigenvalue weighted by molar-refractivity contribution is 6.30. The third-order valence-corrected chi connectivity index (χ3v) is 4.90. The zero-order chi connectivity index (χ0) is 19.8. The molecular formula is C21H17ClN4O2. The number of fused-ring (bicyclic) bond motifs is 1. The number of aryl methyl sites for hydroxylation is 2. The van der Waals surface area contributed by atoms with Crippen LogP contribution in [0.3, 0.4) is 0 Å². The van der Waals surface area contributed by atoms with Gasteiger partial charge in [0.05, 0.1) is 6.54 Å². The summed E-state index contributed by atoms with van der Waals surface area (Å²) in [5.74, 6) is 0.426. The average molecular weight is 393 g/mol. The second kappa shape index (κ2) is 7.05. The molecule has 0 atom stereocenters. The summed E-state index contributed by atoms with van der Waals surface area (Å²) < 4.78 is 2.59. The van der Waals surface area contributed by atoms with Gasteiger partial charge in [-0.25, -0.2) is 14.8 Å². The zero-order valence-corrected chi connectivity index (χ0v) is 16.1. The van der Waals surface area contributed by atoms with Crippen molar-refractivity contribution >= 4 is 22.6 Å². The van der Waals surface area contributed by atoms with E-state index in [-0.39, 0.29) is 6.54 Å². The number of hydrogen-bond acceptors (Lipinski definition) is 4. The molecule has 0 aliphatic rings. The average Bonchev–Trinajstić information content (AvgIpc) is 2.71. The van der Waals surface area contributed by atoms with Gasteiger partial charge in [-0.05, 0) is 36.8 Å². The van der Waals surface area contributed by atoms with E-state index in [9.17, 15) is 9.59 Å². The van der Waals surface area contributed by atoms with Gasteiger partial charge in [0.25, 0.3) is 5.56 Å². The maximum Gasteiger partial charge on any atom is 0.332 e. The Hall–Kier alpha value is -3.25. The number of halogens is 1. The van der Waals surface area contributed by atoms with Crippen LogP contribution in [0.1, 0.15) is 11.1 Å². The van der Waals surface area contributed by atoms with E-state index in [0.29, 0.717) is 21.9 Å². The zero-order valence-electron chi connectivity index (χ0n) is 15.4. The fourth-order valence-corrected chi connectivity index (χ4v) is 3.16. The predicted octanol–water partition coefficient (Wildman–Crippen LogP) is 3.17. The van der Waals surface area contributed by atoms with E-state index in [2.05, 4.69) is 9.97 Å². The molecule has 0 spiro atoms. The van der Waals surface area contributed by atoms with Crippen molar-refractivity contribution in [1.82, 2.24) is 19.1 Å². The highest BCUT2D eigenvalue weighted by atomic mass is 35.5. The normalized spacial score (nSPS) is 11.1. The van der Waals surface area contributed by atoms with Gasteiger partial charge in [0, 0.05) is 23.8 Å². The summed E-state index contributed by atoms with van der Waals surface area (Å²) in [7, 11) is 1.61. The second-order valence-corrected chi connectivity index (χ2v) is 7.09. The highest BCUT2D eigenvalue weighted by Gasteiger charge is 2.14. The van der Waals surface area contributed by atoms with Crippen LogP contribution in [-0.4, -0.2) is 19.1 Å². The molecule has 2 heterocycles. The molecule has 0 amide bonds. The minimum atomic E-state index is -0.418. The monoisotopic (exact) mass is 392 g/mol. The third-order valence-electron chi connectivity index (χ3n) is 4.64. The fraction of sp³-hybridized carbons (Fsp3) is 0.143. The Kier molecular flexibility index (Phi) is 4.57. The summed E-state index contributed by atoms with van der Waals surface area (Å²) in [6, 6.07) is 14.8. The smallest absolute Gasteiger partial charge is 0.280 e. The molecule has 140 valence electrons. The topological polar surface area (TPSA) is 69.8 Å². The molecule has 4 rings (SSSR count). The molecule has 0 N–H and O–H groups in total. The van der Waals surface area contributed by atoms with E-state index >= 15 is 0 Å². The SMILES string of the molecule is Cc1ccc(Cn2c(=O)c3cnc(-c4ccc(Cl)cc4)nc3n(C)c2=O)cc1. The maximum atomic E-state index is 12.9. The molecule has 0 saturated heterocycles. The molecule has 2 aromatic heterocycles. The molecule has 0 bridgehead atoms. The summed E-state index contributed by atoms with van der Waals surface area (Å²) in [5, 5.41) is 0.905. The van der Waals surface area contributed by atoms with Crippen LogP contribution in [0.25, 0.3) is 22.4 Å². The van der Waals surface area contributed by atoms with Gasteiger partial charge in [0.1, 0.15) is 5.39 Å². The number of nitrogens with zero attached hydrogens (tertiary/aromatic N) is 4. The van der Waals surface area contributed by atoms with Crippen LogP contribution < -0.4 is 11.2 Å². The Morgan fingerprint density at radius 2 is 1.68 bits per heavy atom. The van der Waals surface area contributed by atoms with Crippen LogP contribution in [0.5, 0.6) is 0 Å². The van der Waals surface area contributed by atoms with E-state index in [4.69, 9.17) is 11.6 Å². The first kappa shape index (κ1) is 18.1. The van der Waals surface area contributed by atoms with Crippen molar-refractivity contribution in [3.05, 3.63) is 91.7 Å². The molecule has 0 unspecified atom stereocenters. The van der Waals surface area contributed by atoms with Crippen LogP contribution >= 0.6 is 11.6 Å².